The van der Waals surface area contributed by atoms with E-state index >= 15 is 0 Å². The largest absolute Gasteiger partial charge is 0.491 e. The number of hydrogen-bond donors (Lipinski definition) is 0. The van der Waals surface area contributed by atoms with Gasteiger partial charge in [-0.05, 0) is 62.1 Å². The van der Waals surface area contributed by atoms with E-state index < -0.39 is 0 Å². The molecular formula is C24H26N2O3S. The molecule has 5 rings (SSSR count). The van der Waals surface area contributed by atoms with Gasteiger partial charge in [0.1, 0.15) is 12.4 Å². The van der Waals surface area contributed by atoms with Crippen LogP contribution in [0.1, 0.15) is 47.0 Å². The SMILES string of the molecule is O=C(c1ccc(OCC2CCCO2)cc1)N1CCC(c2nc3ccccc3s2)CC1. The summed E-state index contributed by atoms with van der Waals surface area (Å²) in [4.78, 5) is 19.7. The van der Waals surface area contributed by atoms with Gasteiger partial charge in [0.25, 0.3) is 5.91 Å². The highest BCUT2D eigenvalue weighted by Gasteiger charge is 2.26. The van der Waals surface area contributed by atoms with Crippen molar-refractivity contribution >= 4 is 27.5 Å². The summed E-state index contributed by atoms with van der Waals surface area (Å²) < 4.78 is 12.6. The van der Waals surface area contributed by atoms with E-state index in [1.165, 1.54) is 9.71 Å². The molecule has 3 aromatic rings. The van der Waals surface area contributed by atoms with Crippen molar-refractivity contribution in [1.82, 2.24) is 9.88 Å². The van der Waals surface area contributed by atoms with E-state index in [4.69, 9.17) is 14.5 Å². The summed E-state index contributed by atoms with van der Waals surface area (Å²) in [6, 6.07) is 15.8. The molecule has 0 N–H and O–H groups in total. The Kier molecular flexibility index (Phi) is 5.69. The highest BCUT2D eigenvalue weighted by Crippen LogP contribution is 2.34. The smallest absolute Gasteiger partial charge is 0.253 e. The van der Waals surface area contributed by atoms with Crippen molar-refractivity contribution in [2.75, 3.05) is 26.3 Å². The summed E-state index contributed by atoms with van der Waals surface area (Å²) in [6.07, 6.45) is 4.30. The van der Waals surface area contributed by atoms with E-state index in [1.807, 2.05) is 35.2 Å². The van der Waals surface area contributed by atoms with Gasteiger partial charge in [0, 0.05) is 31.2 Å². The van der Waals surface area contributed by atoms with Crippen LogP contribution in [-0.2, 0) is 4.74 Å². The van der Waals surface area contributed by atoms with E-state index in [2.05, 4.69) is 18.2 Å². The van der Waals surface area contributed by atoms with Crippen LogP contribution in [0.5, 0.6) is 5.75 Å². The molecule has 0 saturated carbocycles. The quantitative estimate of drug-likeness (QED) is 0.588. The van der Waals surface area contributed by atoms with Crippen molar-refractivity contribution in [3.63, 3.8) is 0 Å². The minimum Gasteiger partial charge on any atom is -0.491 e. The highest BCUT2D eigenvalue weighted by atomic mass is 32.1. The fraction of sp³-hybridized carbons (Fsp3) is 0.417. The lowest BCUT2D eigenvalue weighted by atomic mass is 9.97. The Bertz CT molecular complexity index is 970. The van der Waals surface area contributed by atoms with Crippen molar-refractivity contribution in [2.45, 2.75) is 37.7 Å². The van der Waals surface area contributed by atoms with Crippen LogP contribution in [0.2, 0.25) is 0 Å². The number of nitrogens with zero attached hydrogens (tertiary/aromatic N) is 2. The van der Waals surface area contributed by atoms with Crippen LogP contribution in [0.25, 0.3) is 10.2 Å². The van der Waals surface area contributed by atoms with Gasteiger partial charge in [-0.1, -0.05) is 12.1 Å². The third kappa shape index (κ3) is 4.20. The van der Waals surface area contributed by atoms with Crippen LogP contribution < -0.4 is 4.74 Å². The molecule has 2 saturated heterocycles. The van der Waals surface area contributed by atoms with Gasteiger partial charge in [0.2, 0.25) is 0 Å². The molecule has 2 fully saturated rings. The Morgan fingerprint density at radius 2 is 1.90 bits per heavy atom. The fourth-order valence-electron chi connectivity index (χ4n) is 4.24. The number of carbonyl (C=O) groups is 1. The van der Waals surface area contributed by atoms with Gasteiger partial charge in [-0.25, -0.2) is 4.98 Å². The van der Waals surface area contributed by atoms with Crippen LogP contribution in [0.4, 0.5) is 0 Å². The molecule has 0 bridgehead atoms. The average molecular weight is 423 g/mol. The lowest BCUT2D eigenvalue weighted by Gasteiger charge is -2.31. The third-order valence-corrected chi connectivity index (χ3v) is 7.20. The number of fused-ring (bicyclic) bond motifs is 1. The first-order valence-electron chi connectivity index (χ1n) is 10.8. The predicted molar refractivity (Wildman–Crippen MR) is 118 cm³/mol. The van der Waals surface area contributed by atoms with Gasteiger partial charge in [0.05, 0.1) is 21.3 Å². The van der Waals surface area contributed by atoms with Crippen molar-refractivity contribution in [2.24, 2.45) is 0 Å². The first-order chi connectivity index (χ1) is 14.8. The van der Waals surface area contributed by atoms with Crippen molar-refractivity contribution in [1.29, 1.82) is 0 Å². The maximum absolute atomic E-state index is 12.9. The first kappa shape index (κ1) is 19.5. The fourth-order valence-corrected chi connectivity index (χ4v) is 5.37. The number of ether oxygens (including phenoxy) is 2. The van der Waals surface area contributed by atoms with Crippen LogP contribution in [0.15, 0.2) is 48.5 Å². The zero-order chi connectivity index (χ0) is 20.3. The Hall–Kier alpha value is -2.44. The number of thiazole rings is 1. The average Bonchev–Trinajstić information content (AvgIpc) is 3.47. The number of rotatable bonds is 5. The zero-order valence-corrected chi connectivity index (χ0v) is 17.8. The highest BCUT2D eigenvalue weighted by molar-refractivity contribution is 7.18. The number of para-hydroxylation sites is 1. The van der Waals surface area contributed by atoms with Gasteiger partial charge in [-0.15, -0.1) is 11.3 Å². The standard InChI is InChI=1S/C24H26N2O3S/c27-24(18-7-9-19(10-8-18)29-16-20-4-3-15-28-20)26-13-11-17(12-14-26)23-25-21-5-1-2-6-22(21)30-23/h1-2,5-10,17,20H,3-4,11-16H2. The molecule has 0 radical (unpaired) electrons. The number of benzene rings is 2. The summed E-state index contributed by atoms with van der Waals surface area (Å²) in [5, 5.41) is 1.20. The molecule has 30 heavy (non-hydrogen) atoms. The molecule has 156 valence electrons. The number of carbonyl (C=O) groups excluding carboxylic acids is 1. The van der Waals surface area contributed by atoms with Gasteiger partial charge < -0.3 is 14.4 Å². The van der Waals surface area contributed by atoms with Crippen LogP contribution in [0, 0.1) is 0 Å². The Morgan fingerprint density at radius 1 is 1.10 bits per heavy atom. The Balaban J connectivity index is 1.16. The van der Waals surface area contributed by atoms with Crippen LogP contribution in [0.3, 0.4) is 0 Å². The zero-order valence-electron chi connectivity index (χ0n) is 17.0. The molecule has 2 aliphatic rings. The second-order valence-corrected chi connectivity index (χ2v) is 9.12. The van der Waals surface area contributed by atoms with Gasteiger partial charge in [-0.2, -0.15) is 0 Å². The van der Waals surface area contributed by atoms with Gasteiger partial charge >= 0.3 is 0 Å². The molecule has 3 heterocycles. The maximum atomic E-state index is 12.9. The number of hydrogen-bond acceptors (Lipinski definition) is 5. The number of likely N-dealkylation sites (tertiary alicyclic amines) is 1. The van der Waals surface area contributed by atoms with Crippen molar-refractivity contribution < 1.29 is 14.3 Å². The monoisotopic (exact) mass is 422 g/mol. The lowest BCUT2D eigenvalue weighted by Crippen LogP contribution is -2.37. The molecular weight excluding hydrogens is 396 g/mol. The summed E-state index contributed by atoms with van der Waals surface area (Å²) >= 11 is 1.79. The van der Waals surface area contributed by atoms with Gasteiger partial charge in [-0.3, -0.25) is 4.79 Å². The second kappa shape index (κ2) is 8.74. The number of amides is 1. The maximum Gasteiger partial charge on any atom is 0.253 e. The second-order valence-electron chi connectivity index (χ2n) is 8.06. The summed E-state index contributed by atoms with van der Waals surface area (Å²) in [5.74, 6) is 1.33. The third-order valence-electron chi connectivity index (χ3n) is 6.00. The first-order valence-corrected chi connectivity index (χ1v) is 11.6. The van der Waals surface area contributed by atoms with Crippen LogP contribution >= 0.6 is 11.3 Å². The molecule has 0 aliphatic carbocycles. The topological polar surface area (TPSA) is 51.7 Å². The molecule has 5 nitrogen and oxygen atoms in total. The molecule has 1 amide bonds. The van der Waals surface area contributed by atoms with Crippen molar-refractivity contribution in [3.05, 3.63) is 59.1 Å². The Labute approximate surface area is 180 Å². The van der Waals surface area contributed by atoms with Crippen LogP contribution in [-0.4, -0.2) is 48.2 Å². The molecule has 2 aliphatic heterocycles. The molecule has 1 unspecified atom stereocenters. The van der Waals surface area contributed by atoms with E-state index in [0.29, 0.717) is 12.5 Å². The molecule has 1 aromatic heterocycles. The minimum absolute atomic E-state index is 0.100. The summed E-state index contributed by atoms with van der Waals surface area (Å²) in [7, 11) is 0. The van der Waals surface area contributed by atoms with E-state index in [-0.39, 0.29) is 12.0 Å². The van der Waals surface area contributed by atoms with Gasteiger partial charge in [0.15, 0.2) is 0 Å². The number of aromatic nitrogens is 1. The molecule has 2 aromatic carbocycles. The molecule has 0 spiro atoms. The van der Waals surface area contributed by atoms with E-state index in [9.17, 15) is 4.79 Å². The molecule has 6 heteroatoms. The minimum atomic E-state index is 0.100. The lowest BCUT2D eigenvalue weighted by molar-refractivity contribution is 0.0677. The number of piperidine rings is 1. The normalized spacial score (nSPS) is 20.0. The van der Waals surface area contributed by atoms with Crippen molar-refractivity contribution in [3.8, 4) is 5.75 Å². The van der Waals surface area contributed by atoms with E-state index in [0.717, 1.165) is 62.2 Å². The Morgan fingerprint density at radius 3 is 2.63 bits per heavy atom. The molecule has 1 atom stereocenters. The predicted octanol–water partition coefficient (Wildman–Crippen LogP) is 4.87. The summed E-state index contributed by atoms with van der Waals surface area (Å²) in [6.45, 7) is 2.96. The van der Waals surface area contributed by atoms with E-state index in [1.54, 1.807) is 11.3 Å². The summed E-state index contributed by atoms with van der Waals surface area (Å²) in [5.41, 5.74) is 1.80.